The molecule has 41 heavy (non-hydrogen) atoms. The van der Waals surface area contributed by atoms with E-state index >= 15 is 0 Å². The highest BCUT2D eigenvalue weighted by atomic mass is 19.1. The first-order valence-electron chi connectivity index (χ1n) is 13.7. The highest BCUT2D eigenvalue weighted by Gasteiger charge is 2.49. The van der Waals surface area contributed by atoms with E-state index in [4.69, 9.17) is 9.26 Å². The summed E-state index contributed by atoms with van der Waals surface area (Å²) in [6.45, 7) is 3.89. The van der Waals surface area contributed by atoms with Crippen LogP contribution in [0.2, 0.25) is 0 Å². The molecule has 3 aromatic carbocycles. The van der Waals surface area contributed by atoms with Crippen LogP contribution in [0.5, 0.6) is 0 Å². The minimum absolute atomic E-state index is 0.200. The van der Waals surface area contributed by atoms with Gasteiger partial charge in [0.2, 0.25) is 11.7 Å². The Hall–Kier alpha value is -4.37. The summed E-state index contributed by atoms with van der Waals surface area (Å²) in [4.78, 5) is 33.9. The number of hydrogen-bond acceptors (Lipinski definition) is 7. The molecule has 0 spiro atoms. The van der Waals surface area contributed by atoms with Gasteiger partial charge >= 0.3 is 5.97 Å². The van der Waals surface area contributed by atoms with E-state index in [-0.39, 0.29) is 24.2 Å². The van der Waals surface area contributed by atoms with Crippen LogP contribution in [0.1, 0.15) is 25.3 Å². The van der Waals surface area contributed by atoms with E-state index in [0.29, 0.717) is 49.4 Å². The summed E-state index contributed by atoms with van der Waals surface area (Å²) in [7, 11) is 3.34. The molecule has 5 rings (SSSR count). The van der Waals surface area contributed by atoms with Crippen LogP contribution in [0.4, 0.5) is 4.39 Å². The monoisotopic (exact) mass is 556 g/mol. The summed E-state index contributed by atoms with van der Waals surface area (Å²) < 4.78 is 25.6. The van der Waals surface area contributed by atoms with E-state index in [9.17, 15) is 14.0 Å². The van der Waals surface area contributed by atoms with Crippen molar-refractivity contribution >= 4 is 11.9 Å². The number of nitrogens with zero attached hydrogens (tertiary/aromatic N) is 4. The molecule has 1 fully saturated rings. The van der Waals surface area contributed by atoms with E-state index in [1.807, 2.05) is 54.6 Å². The van der Waals surface area contributed by atoms with Gasteiger partial charge in [-0.25, -0.2) is 4.39 Å². The van der Waals surface area contributed by atoms with Crippen molar-refractivity contribution in [1.29, 1.82) is 0 Å². The number of amides is 1. The number of esters is 1. The maximum atomic E-state index is 14.8. The number of piperidine rings is 1. The average Bonchev–Trinajstić information content (AvgIpc) is 3.49. The van der Waals surface area contributed by atoms with Gasteiger partial charge < -0.3 is 14.2 Å². The lowest BCUT2D eigenvalue weighted by molar-refractivity contribution is -0.168. The third-order valence-electron chi connectivity index (χ3n) is 7.54. The first-order chi connectivity index (χ1) is 19.8. The molecule has 0 unspecified atom stereocenters. The van der Waals surface area contributed by atoms with Crippen molar-refractivity contribution in [2.75, 3.05) is 33.8 Å². The molecule has 0 radical (unpaired) electrons. The molecule has 1 aromatic heterocycles. The van der Waals surface area contributed by atoms with Crippen LogP contribution in [0.15, 0.2) is 77.3 Å². The summed E-state index contributed by atoms with van der Waals surface area (Å²) in [5.41, 5.74) is 2.55. The Balaban J connectivity index is 1.23. The van der Waals surface area contributed by atoms with Crippen molar-refractivity contribution in [3.8, 4) is 34.0 Å². The zero-order chi connectivity index (χ0) is 29.0. The Labute approximate surface area is 238 Å². The Morgan fingerprint density at radius 1 is 0.976 bits per heavy atom. The molecule has 9 heteroatoms. The zero-order valence-corrected chi connectivity index (χ0v) is 23.5. The number of benzene rings is 3. The Morgan fingerprint density at radius 3 is 2.29 bits per heavy atom. The normalized spacial score (nSPS) is 14.9. The van der Waals surface area contributed by atoms with Crippen LogP contribution in [-0.4, -0.2) is 65.6 Å². The fourth-order valence-electron chi connectivity index (χ4n) is 5.27. The highest BCUT2D eigenvalue weighted by Crippen LogP contribution is 2.35. The van der Waals surface area contributed by atoms with Crippen LogP contribution in [-0.2, 0) is 20.9 Å². The largest absolute Gasteiger partial charge is 0.465 e. The van der Waals surface area contributed by atoms with Crippen LogP contribution in [0.25, 0.3) is 34.0 Å². The summed E-state index contributed by atoms with van der Waals surface area (Å²) in [6.07, 6.45) is 0.832. The van der Waals surface area contributed by atoms with E-state index < -0.39 is 11.4 Å². The minimum atomic E-state index is -1.12. The predicted molar refractivity (Wildman–Crippen MR) is 153 cm³/mol. The topological polar surface area (TPSA) is 88.8 Å². The van der Waals surface area contributed by atoms with Crippen molar-refractivity contribution in [3.05, 3.63) is 84.2 Å². The van der Waals surface area contributed by atoms with Gasteiger partial charge in [-0.15, -0.1) is 0 Å². The smallest absolute Gasteiger partial charge is 0.321 e. The number of carbonyl (C=O) groups excluding carboxylic acids is 2. The molecule has 2 heterocycles. The lowest BCUT2D eigenvalue weighted by Crippen LogP contribution is -2.53. The van der Waals surface area contributed by atoms with Crippen molar-refractivity contribution in [1.82, 2.24) is 19.9 Å². The Kier molecular flexibility index (Phi) is 8.26. The second-order valence-electron chi connectivity index (χ2n) is 10.5. The molecule has 0 saturated carbocycles. The van der Waals surface area contributed by atoms with Gasteiger partial charge in [0.25, 0.3) is 5.89 Å². The predicted octanol–water partition coefficient (Wildman–Crippen LogP) is 5.44. The third kappa shape index (κ3) is 5.90. The molecule has 212 valence electrons. The van der Waals surface area contributed by atoms with Gasteiger partial charge in [-0.1, -0.05) is 65.8 Å². The number of likely N-dealkylation sites (tertiary alicyclic amines) is 1. The van der Waals surface area contributed by atoms with Crippen LogP contribution >= 0.6 is 0 Å². The molecule has 0 aliphatic carbocycles. The van der Waals surface area contributed by atoms with Gasteiger partial charge in [0.1, 0.15) is 11.2 Å². The Morgan fingerprint density at radius 2 is 1.66 bits per heavy atom. The van der Waals surface area contributed by atoms with Crippen molar-refractivity contribution in [3.63, 3.8) is 0 Å². The molecular formula is C32H33FN4O4. The average molecular weight is 557 g/mol. The summed E-state index contributed by atoms with van der Waals surface area (Å²) in [6, 6.07) is 22.1. The fraction of sp³-hybridized carbons (Fsp3) is 0.312. The molecule has 8 nitrogen and oxygen atoms in total. The zero-order valence-electron chi connectivity index (χ0n) is 23.5. The second kappa shape index (κ2) is 12.0. The lowest BCUT2D eigenvalue weighted by Gasteiger charge is -2.40. The summed E-state index contributed by atoms with van der Waals surface area (Å²) in [5.74, 6) is -0.334. The fourth-order valence-corrected chi connectivity index (χ4v) is 5.27. The summed E-state index contributed by atoms with van der Waals surface area (Å²) in [5, 5.41) is 4.10. The van der Waals surface area contributed by atoms with Gasteiger partial charge in [-0.05, 0) is 43.0 Å². The molecule has 0 bridgehead atoms. The molecule has 1 saturated heterocycles. The number of hydrogen-bond donors (Lipinski definition) is 0. The number of aromatic nitrogens is 2. The van der Waals surface area contributed by atoms with Crippen molar-refractivity contribution < 1.29 is 23.2 Å². The standard InChI is InChI=1S/C32H33FN4O4/c1-4-40-31(39)32(30(38)36(2)3)16-18-37(19-17-32)21-22-10-12-24(13-11-22)28-34-29(41-35-28)25-14-15-26(27(33)20-25)23-8-6-5-7-9-23/h5-15,20H,4,16-19,21H2,1-3H3. The lowest BCUT2D eigenvalue weighted by atomic mass is 9.77. The van der Waals surface area contributed by atoms with Crippen LogP contribution in [0.3, 0.4) is 0 Å². The number of rotatable bonds is 8. The van der Waals surface area contributed by atoms with E-state index in [1.165, 1.54) is 11.0 Å². The first kappa shape index (κ1) is 28.2. The third-order valence-corrected chi connectivity index (χ3v) is 7.54. The summed E-state index contributed by atoms with van der Waals surface area (Å²) >= 11 is 0. The Bertz CT molecular complexity index is 1510. The quantitative estimate of drug-likeness (QED) is 0.211. The van der Waals surface area contributed by atoms with Crippen LogP contribution in [0, 0.1) is 11.2 Å². The van der Waals surface area contributed by atoms with Crippen molar-refractivity contribution in [2.24, 2.45) is 5.41 Å². The number of halogens is 1. The highest BCUT2D eigenvalue weighted by molar-refractivity contribution is 6.02. The van der Waals surface area contributed by atoms with Gasteiger partial charge in [-0.3, -0.25) is 14.5 Å². The second-order valence-corrected chi connectivity index (χ2v) is 10.5. The van der Waals surface area contributed by atoms with Gasteiger partial charge in [0.05, 0.1) is 6.61 Å². The van der Waals surface area contributed by atoms with Gasteiger partial charge in [0, 0.05) is 50.4 Å². The van der Waals surface area contributed by atoms with Gasteiger partial charge in [0.15, 0.2) is 0 Å². The molecule has 1 aliphatic heterocycles. The molecule has 0 N–H and O–H groups in total. The maximum Gasteiger partial charge on any atom is 0.321 e. The van der Waals surface area contributed by atoms with Crippen LogP contribution < -0.4 is 0 Å². The molecular weight excluding hydrogens is 523 g/mol. The molecule has 1 aliphatic rings. The maximum absolute atomic E-state index is 14.8. The minimum Gasteiger partial charge on any atom is -0.465 e. The first-order valence-corrected chi connectivity index (χ1v) is 13.7. The van der Waals surface area contributed by atoms with E-state index in [1.54, 1.807) is 33.2 Å². The number of ether oxygens (including phenoxy) is 1. The van der Waals surface area contributed by atoms with Gasteiger partial charge in [-0.2, -0.15) is 4.98 Å². The number of carbonyl (C=O) groups is 2. The van der Waals surface area contributed by atoms with E-state index in [2.05, 4.69) is 15.0 Å². The SMILES string of the molecule is CCOC(=O)C1(C(=O)N(C)C)CCN(Cc2ccc(-c3noc(-c4ccc(-c5ccccc5)c(F)c4)n3)cc2)CC1. The molecule has 1 amide bonds. The van der Waals surface area contributed by atoms with E-state index in [0.717, 1.165) is 16.7 Å². The molecule has 0 atom stereocenters. The molecule has 4 aromatic rings. The van der Waals surface area contributed by atoms with Crippen molar-refractivity contribution in [2.45, 2.75) is 26.3 Å².